The van der Waals surface area contributed by atoms with E-state index in [-0.39, 0.29) is 45.0 Å². The predicted molar refractivity (Wildman–Crippen MR) is 216 cm³/mol. The molecule has 0 fully saturated rings. The molecule has 0 saturated heterocycles. The number of carbonyl (C=O) groups excluding carboxylic acids is 1. The second-order valence-electron chi connectivity index (χ2n) is 14.4. The van der Waals surface area contributed by atoms with Crippen LogP contribution >= 0.6 is 0 Å². The van der Waals surface area contributed by atoms with Gasteiger partial charge in [-0.1, -0.05) is 156 Å². The Morgan fingerprint density at radius 2 is 0.882 bits per heavy atom. The van der Waals surface area contributed by atoms with Crippen LogP contribution in [0.3, 0.4) is 0 Å². The fourth-order valence-electron chi connectivity index (χ4n) is 6.36. The molecule has 0 amide bonds. The molecule has 0 unspecified atom stereocenters. The van der Waals surface area contributed by atoms with Crippen LogP contribution in [0.2, 0.25) is 0 Å². The number of nitrogens with one attached hydrogen (secondary N) is 1. The van der Waals surface area contributed by atoms with Gasteiger partial charge in [0.15, 0.2) is 6.29 Å². The van der Waals surface area contributed by atoms with E-state index < -0.39 is 0 Å². The molecule has 0 aliphatic rings. The Hall–Kier alpha value is 0.374. The van der Waals surface area contributed by atoms with Crippen molar-refractivity contribution >= 4 is 5.97 Å². The number of aliphatic hydroxyl groups excluding tert-OH is 1. The zero-order valence-corrected chi connectivity index (χ0v) is 37.7. The number of nitrogens with zero attached hydrogens (tertiary/aromatic N) is 1. The molecule has 1 radical (unpaired) electrons. The third-order valence-electron chi connectivity index (χ3n) is 9.56. The van der Waals surface area contributed by atoms with Crippen molar-refractivity contribution in [2.45, 2.75) is 220 Å². The van der Waals surface area contributed by atoms with Crippen molar-refractivity contribution in [3.05, 3.63) is 5.73 Å². The summed E-state index contributed by atoms with van der Waals surface area (Å²) in [6.07, 6.45) is 36.3. The second kappa shape index (κ2) is 50.4. The minimum Gasteiger partial charge on any atom is -0.676 e. The average molecular weight is 803 g/mol. The molecule has 305 valence electrons. The summed E-state index contributed by atoms with van der Waals surface area (Å²) in [6.45, 7) is 12.6. The summed E-state index contributed by atoms with van der Waals surface area (Å²) < 4.78 is 17.9. The maximum absolute atomic E-state index is 12.0. The van der Waals surface area contributed by atoms with E-state index in [0.29, 0.717) is 19.6 Å². The summed E-state index contributed by atoms with van der Waals surface area (Å²) in [5, 5.41) is 7.00. The van der Waals surface area contributed by atoms with Crippen LogP contribution in [-0.4, -0.2) is 75.4 Å². The molecular weight excluding hydrogens is 713 g/mol. The van der Waals surface area contributed by atoms with Crippen molar-refractivity contribution in [3.63, 3.8) is 0 Å². The van der Waals surface area contributed by atoms with Crippen LogP contribution in [0, 0.1) is 0 Å². The van der Waals surface area contributed by atoms with Crippen LogP contribution in [-0.2, 0) is 51.7 Å². The molecule has 0 spiro atoms. The Morgan fingerprint density at radius 3 is 1.33 bits per heavy atom. The van der Waals surface area contributed by atoms with Gasteiger partial charge < -0.3 is 30.0 Å². The van der Waals surface area contributed by atoms with Crippen molar-refractivity contribution in [2.75, 3.05) is 53.1 Å². The van der Waals surface area contributed by atoms with Crippen molar-refractivity contribution in [1.29, 1.82) is 0 Å². The zero-order valence-electron chi connectivity index (χ0n) is 34.8. The molecule has 0 heterocycles. The van der Waals surface area contributed by atoms with E-state index in [2.05, 4.69) is 25.7 Å². The number of esters is 1. The van der Waals surface area contributed by atoms with Gasteiger partial charge in [-0.25, -0.2) is 0 Å². The van der Waals surface area contributed by atoms with Crippen LogP contribution in [0.1, 0.15) is 213 Å². The molecule has 8 heteroatoms. The Kier molecular flexibility index (Phi) is 55.0. The van der Waals surface area contributed by atoms with Gasteiger partial charge in [-0.3, -0.25) is 4.79 Å². The first-order valence-electron chi connectivity index (χ1n) is 21.9. The molecule has 0 atom stereocenters. The predicted octanol–water partition coefficient (Wildman–Crippen LogP) is 12.6. The topological polar surface area (TPSA) is 92.0 Å². The Morgan fingerprint density at radius 1 is 0.510 bits per heavy atom. The number of hydrogen-bond donors (Lipinski definition) is 1. The first kappa shape index (κ1) is 55.7. The van der Waals surface area contributed by atoms with E-state index in [4.69, 9.17) is 25.1 Å². The van der Waals surface area contributed by atoms with E-state index in [1.54, 1.807) is 0 Å². The fraction of sp³-hybridized carbons (Fsp3) is 0.977. The van der Waals surface area contributed by atoms with E-state index >= 15 is 0 Å². The normalized spacial score (nSPS) is 11.1. The van der Waals surface area contributed by atoms with Crippen molar-refractivity contribution < 1.29 is 56.8 Å². The van der Waals surface area contributed by atoms with Crippen LogP contribution in [0.4, 0.5) is 0 Å². The van der Waals surface area contributed by atoms with E-state index in [1.165, 1.54) is 148 Å². The van der Waals surface area contributed by atoms with E-state index in [9.17, 15) is 4.79 Å². The summed E-state index contributed by atoms with van der Waals surface area (Å²) >= 11 is 0. The van der Waals surface area contributed by atoms with Crippen LogP contribution in [0.25, 0.3) is 5.73 Å². The van der Waals surface area contributed by atoms with Gasteiger partial charge >= 0.3 is 5.97 Å². The number of carbonyl (C=O) groups is 1. The number of ether oxygens (including phenoxy) is 3. The van der Waals surface area contributed by atoms with Crippen molar-refractivity contribution in [1.82, 2.24) is 4.90 Å². The van der Waals surface area contributed by atoms with Gasteiger partial charge in [-0.2, -0.15) is 0 Å². The molecule has 0 aliphatic carbocycles. The summed E-state index contributed by atoms with van der Waals surface area (Å²) in [4.78, 5) is 14.5. The molecule has 0 bridgehead atoms. The zero-order chi connectivity index (χ0) is 37.0. The van der Waals surface area contributed by atoms with Gasteiger partial charge in [0.25, 0.3) is 0 Å². The fourth-order valence-corrected chi connectivity index (χ4v) is 6.36. The monoisotopic (exact) mass is 803 g/mol. The molecule has 0 rings (SSSR count). The third-order valence-corrected chi connectivity index (χ3v) is 9.56. The van der Waals surface area contributed by atoms with Crippen LogP contribution in [0.15, 0.2) is 0 Å². The summed E-state index contributed by atoms with van der Waals surface area (Å²) in [5.41, 5.74) is 7.75. The average Bonchev–Trinajstić information content (AvgIpc) is 3.13. The minimum absolute atomic E-state index is 0. The molecule has 0 aromatic carbocycles. The van der Waals surface area contributed by atoms with Crippen molar-refractivity contribution in [2.24, 2.45) is 0 Å². The molecule has 0 aliphatic heterocycles. The van der Waals surface area contributed by atoms with E-state index in [1.807, 2.05) is 0 Å². The third kappa shape index (κ3) is 46.5. The van der Waals surface area contributed by atoms with Gasteiger partial charge in [0.2, 0.25) is 0 Å². The van der Waals surface area contributed by atoms with Gasteiger partial charge in [0, 0.05) is 59.5 Å². The SMILES string of the molecule is CCCCCCCCCOC(=O)CCCCCCCN(CC[NH-])CCCCCCC(OCCCCCCCC)OCCCCCCCC.CO.[Y]. The molecule has 51 heavy (non-hydrogen) atoms. The molecule has 0 saturated carbocycles. The van der Waals surface area contributed by atoms with Crippen LogP contribution in [0.5, 0.6) is 0 Å². The van der Waals surface area contributed by atoms with Gasteiger partial charge in [-0.15, -0.1) is 6.54 Å². The first-order valence-corrected chi connectivity index (χ1v) is 21.9. The van der Waals surface area contributed by atoms with Crippen LogP contribution < -0.4 is 0 Å². The Labute approximate surface area is 344 Å². The van der Waals surface area contributed by atoms with Crippen molar-refractivity contribution in [3.8, 4) is 0 Å². The quantitative estimate of drug-likeness (QED) is 0.0376. The maximum atomic E-state index is 12.0. The second-order valence-corrected chi connectivity index (χ2v) is 14.4. The molecule has 2 N–H and O–H groups in total. The Balaban J connectivity index is -0.00000753. The molecule has 0 aromatic heterocycles. The summed E-state index contributed by atoms with van der Waals surface area (Å²) in [5.74, 6) is -0.0143. The largest absolute Gasteiger partial charge is 0.676 e. The minimum atomic E-state index is -0.0309. The molecular formula is C43H89N2O5Y-. The number of hydrogen-bond acceptors (Lipinski definition) is 6. The van der Waals surface area contributed by atoms with Gasteiger partial charge in [-0.05, 0) is 71.0 Å². The molecule has 7 nitrogen and oxygen atoms in total. The van der Waals surface area contributed by atoms with Gasteiger partial charge in [0.1, 0.15) is 0 Å². The summed E-state index contributed by atoms with van der Waals surface area (Å²) in [6, 6.07) is 0. The molecule has 0 aromatic rings. The smallest absolute Gasteiger partial charge is 0.305 e. The maximum Gasteiger partial charge on any atom is 0.305 e. The number of rotatable bonds is 41. The van der Waals surface area contributed by atoms with E-state index in [0.717, 1.165) is 78.5 Å². The number of unbranched alkanes of at least 4 members (excludes halogenated alkanes) is 23. The first-order chi connectivity index (χ1) is 24.7. The van der Waals surface area contributed by atoms with Gasteiger partial charge in [0.05, 0.1) is 6.61 Å². The standard InChI is InChI=1S/C42H85N2O4.CH4O.Y/c1-4-7-10-13-16-24-29-38-46-41(45)32-25-18-17-20-27-35-44(37-34-43)36-28-21-19-26-33-42(47-39-30-22-14-11-8-5-2)48-40-31-23-15-12-9-6-3;1-2;/h42-43H,4-40H2,1-3H3;2H,1H3;/q-1;;. The summed E-state index contributed by atoms with van der Waals surface area (Å²) in [7, 11) is 1.00. The number of aliphatic hydroxyl groups is 1. The Bertz CT molecular complexity index is 613.